The molecule has 7 heteroatoms. The van der Waals surface area contributed by atoms with Gasteiger partial charge >= 0.3 is 5.97 Å². The SMILES string of the molecule is O=C1CNC(C(=O)NC(C(=O)O)C2CCCCC2)CN1. The predicted molar refractivity (Wildman–Crippen MR) is 70.9 cm³/mol. The van der Waals surface area contributed by atoms with E-state index in [1.165, 1.54) is 0 Å². The summed E-state index contributed by atoms with van der Waals surface area (Å²) in [5.74, 6) is -1.49. The highest BCUT2D eigenvalue weighted by atomic mass is 16.4. The van der Waals surface area contributed by atoms with E-state index in [4.69, 9.17) is 0 Å². The van der Waals surface area contributed by atoms with Gasteiger partial charge in [0.05, 0.1) is 6.54 Å². The molecule has 2 atom stereocenters. The Morgan fingerprint density at radius 2 is 1.95 bits per heavy atom. The van der Waals surface area contributed by atoms with Gasteiger partial charge in [-0.1, -0.05) is 19.3 Å². The molecule has 1 aliphatic carbocycles. The van der Waals surface area contributed by atoms with E-state index in [-0.39, 0.29) is 30.8 Å². The smallest absolute Gasteiger partial charge is 0.326 e. The van der Waals surface area contributed by atoms with Gasteiger partial charge in [-0.15, -0.1) is 0 Å². The number of nitrogens with one attached hydrogen (secondary N) is 3. The van der Waals surface area contributed by atoms with Gasteiger partial charge in [0.1, 0.15) is 12.1 Å². The average molecular weight is 283 g/mol. The highest BCUT2D eigenvalue weighted by molar-refractivity contribution is 5.89. The molecule has 0 aromatic rings. The Bertz CT molecular complexity index is 383. The Balaban J connectivity index is 1.91. The van der Waals surface area contributed by atoms with Gasteiger partial charge in [0.2, 0.25) is 11.8 Å². The zero-order valence-corrected chi connectivity index (χ0v) is 11.4. The van der Waals surface area contributed by atoms with Crippen LogP contribution in [0.15, 0.2) is 0 Å². The second-order valence-electron chi connectivity index (χ2n) is 5.46. The van der Waals surface area contributed by atoms with Crippen LogP contribution < -0.4 is 16.0 Å². The molecule has 1 saturated heterocycles. The first-order valence-electron chi connectivity index (χ1n) is 7.11. The van der Waals surface area contributed by atoms with E-state index in [0.29, 0.717) is 0 Å². The largest absolute Gasteiger partial charge is 0.480 e. The van der Waals surface area contributed by atoms with Crippen molar-refractivity contribution in [2.45, 2.75) is 44.2 Å². The lowest BCUT2D eigenvalue weighted by Gasteiger charge is -2.30. The maximum absolute atomic E-state index is 12.1. The molecule has 2 amide bonds. The van der Waals surface area contributed by atoms with Crippen LogP contribution in [0.1, 0.15) is 32.1 Å². The van der Waals surface area contributed by atoms with Crippen LogP contribution in [0.5, 0.6) is 0 Å². The third-order valence-corrected chi connectivity index (χ3v) is 4.01. The summed E-state index contributed by atoms with van der Waals surface area (Å²) in [5, 5.41) is 17.3. The summed E-state index contributed by atoms with van der Waals surface area (Å²) in [6, 6.07) is -1.39. The molecule has 4 N–H and O–H groups in total. The lowest BCUT2D eigenvalue weighted by Crippen LogP contribution is -2.60. The first-order valence-corrected chi connectivity index (χ1v) is 7.11. The van der Waals surface area contributed by atoms with E-state index < -0.39 is 18.1 Å². The van der Waals surface area contributed by atoms with Crippen molar-refractivity contribution in [3.8, 4) is 0 Å². The number of hydrogen-bond acceptors (Lipinski definition) is 4. The second-order valence-corrected chi connectivity index (χ2v) is 5.46. The third kappa shape index (κ3) is 3.69. The molecule has 0 radical (unpaired) electrons. The second kappa shape index (κ2) is 6.69. The molecular weight excluding hydrogens is 262 g/mol. The fourth-order valence-electron chi connectivity index (χ4n) is 2.85. The summed E-state index contributed by atoms with van der Waals surface area (Å²) in [7, 11) is 0. The van der Waals surface area contributed by atoms with E-state index in [1.807, 2.05) is 0 Å². The summed E-state index contributed by atoms with van der Waals surface area (Å²) >= 11 is 0. The van der Waals surface area contributed by atoms with Crippen molar-refractivity contribution in [1.82, 2.24) is 16.0 Å². The first-order chi connectivity index (χ1) is 9.58. The Hall–Kier alpha value is -1.63. The van der Waals surface area contributed by atoms with E-state index >= 15 is 0 Å². The summed E-state index contributed by atoms with van der Waals surface area (Å²) < 4.78 is 0. The molecule has 2 fully saturated rings. The standard InChI is InChI=1S/C13H21N3O4/c17-10-7-14-9(6-15-10)12(18)16-11(13(19)20)8-4-2-1-3-5-8/h8-9,11,14H,1-7H2,(H,15,17)(H,16,18)(H,19,20). The highest BCUT2D eigenvalue weighted by Gasteiger charge is 2.33. The zero-order valence-electron chi connectivity index (χ0n) is 11.4. The summed E-state index contributed by atoms with van der Waals surface area (Å²) in [6.07, 6.45) is 4.84. The number of carboxylic acid groups (broad SMARTS) is 1. The minimum atomic E-state index is -0.981. The van der Waals surface area contributed by atoms with Crippen LogP contribution in [0.4, 0.5) is 0 Å². The van der Waals surface area contributed by atoms with Crippen LogP contribution in [0, 0.1) is 5.92 Å². The summed E-state index contributed by atoms with van der Waals surface area (Å²) in [6.45, 7) is 0.279. The average Bonchev–Trinajstić information content (AvgIpc) is 2.46. The van der Waals surface area contributed by atoms with Crippen molar-refractivity contribution < 1.29 is 19.5 Å². The van der Waals surface area contributed by atoms with Gasteiger partial charge in [0.25, 0.3) is 0 Å². The number of carbonyl (C=O) groups is 3. The summed E-state index contributed by atoms with van der Waals surface area (Å²) in [4.78, 5) is 34.4. The van der Waals surface area contributed by atoms with E-state index in [9.17, 15) is 19.5 Å². The molecule has 0 aromatic carbocycles. The van der Waals surface area contributed by atoms with Crippen LogP contribution in [0.25, 0.3) is 0 Å². The van der Waals surface area contributed by atoms with Gasteiger partial charge in [0, 0.05) is 6.54 Å². The van der Waals surface area contributed by atoms with Crippen LogP contribution >= 0.6 is 0 Å². The van der Waals surface area contributed by atoms with Crippen molar-refractivity contribution in [2.24, 2.45) is 5.92 Å². The number of rotatable bonds is 4. The van der Waals surface area contributed by atoms with Gasteiger partial charge < -0.3 is 15.7 Å². The molecule has 20 heavy (non-hydrogen) atoms. The van der Waals surface area contributed by atoms with Crippen LogP contribution in [-0.2, 0) is 14.4 Å². The number of amides is 2. The number of piperazine rings is 1. The Labute approximate surface area is 117 Å². The Morgan fingerprint density at radius 1 is 1.25 bits per heavy atom. The molecule has 1 saturated carbocycles. The quantitative estimate of drug-likeness (QED) is 0.541. The molecule has 1 heterocycles. The fourth-order valence-corrected chi connectivity index (χ4v) is 2.85. The maximum atomic E-state index is 12.1. The van der Waals surface area contributed by atoms with Gasteiger partial charge in [-0.25, -0.2) is 4.79 Å². The van der Waals surface area contributed by atoms with Gasteiger partial charge in [-0.3, -0.25) is 14.9 Å². The lowest BCUT2D eigenvalue weighted by molar-refractivity contribution is -0.144. The first kappa shape index (κ1) is 14.8. The highest BCUT2D eigenvalue weighted by Crippen LogP contribution is 2.26. The minimum Gasteiger partial charge on any atom is -0.480 e. The van der Waals surface area contributed by atoms with E-state index in [0.717, 1.165) is 32.1 Å². The van der Waals surface area contributed by atoms with Crippen molar-refractivity contribution >= 4 is 17.8 Å². The zero-order chi connectivity index (χ0) is 14.5. The fraction of sp³-hybridized carbons (Fsp3) is 0.769. The number of hydrogen-bond donors (Lipinski definition) is 4. The molecule has 0 bridgehead atoms. The number of carboxylic acids is 1. The van der Waals surface area contributed by atoms with Crippen molar-refractivity contribution in [3.05, 3.63) is 0 Å². The normalized spacial score (nSPS) is 25.6. The third-order valence-electron chi connectivity index (χ3n) is 4.01. The van der Waals surface area contributed by atoms with Crippen LogP contribution in [-0.4, -0.2) is 48.1 Å². The molecular formula is C13H21N3O4. The van der Waals surface area contributed by atoms with Gasteiger partial charge in [-0.2, -0.15) is 0 Å². The maximum Gasteiger partial charge on any atom is 0.326 e. The summed E-state index contributed by atoms with van der Waals surface area (Å²) in [5.41, 5.74) is 0. The molecule has 0 spiro atoms. The Kier molecular flexibility index (Phi) is 4.94. The Morgan fingerprint density at radius 3 is 2.50 bits per heavy atom. The molecule has 112 valence electrons. The molecule has 2 rings (SSSR count). The number of aliphatic carboxylic acids is 1. The van der Waals surface area contributed by atoms with Crippen molar-refractivity contribution in [2.75, 3.05) is 13.1 Å². The predicted octanol–water partition coefficient (Wildman–Crippen LogP) is -0.776. The van der Waals surface area contributed by atoms with Crippen molar-refractivity contribution in [3.63, 3.8) is 0 Å². The van der Waals surface area contributed by atoms with Gasteiger partial charge in [-0.05, 0) is 18.8 Å². The lowest BCUT2D eigenvalue weighted by atomic mass is 9.84. The van der Waals surface area contributed by atoms with Gasteiger partial charge in [0.15, 0.2) is 0 Å². The molecule has 2 unspecified atom stereocenters. The molecule has 1 aliphatic heterocycles. The van der Waals surface area contributed by atoms with Crippen molar-refractivity contribution in [1.29, 1.82) is 0 Å². The van der Waals surface area contributed by atoms with E-state index in [1.54, 1.807) is 0 Å². The minimum absolute atomic E-state index is 0.00313. The molecule has 0 aromatic heterocycles. The topological polar surface area (TPSA) is 108 Å². The van der Waals surface area contributed by atoms with E-state index in [2.05, 4.69) is 16.0 Å². The van der Waals surface area contributed by atoms with Crippen LogP contribution in [0.3, 0.4) is 0 Å². The van der Waals surface area contributed by atoms with Crippen LogP contribution in [0.2, 0.25) is 0 Å². The molecule has 2 aliphatic rings. The molecule has 7 nitrogen and oxygen atoms in total. The number of carbonyl (C=O) groups excluding carboxylic acids is 2. The monoisotopic (exact) mass is 283 g/mol.